The lowest BCUT2D eigenvalue weighted by molar-refractivity contribution is 0.111. The summed E-state index contributed by atoms with van der Waals surface area (Å²) in [5.41, 5.74) is 2.02. The Hall–Kier alpha value is -2.17. The van der Waals surface area contributed by atoms with Crippen molar-refractivity contribution in [2.24, 2.45) is 0 Å². The maximum absolute atomic E-state index is 10.8. The molecule has 5 heteroatoms. The molecule has 0 radical (unpaired) electrons. The van der Waals surface area contributed by atoms with Gasteiger partial charge < -0.3 is 4.74 Å². The second-order valence-electron chi connectivity index (χ2n) is 3.51. The molecule has 1 heterocycles. The molecule has 1 aromatic heterocycles. The smallest absolute Gasteiger partial charge is 0.172 e. The number of ether oxygens (including phenoxy) is 1. The van der Waals surface area contributed by atoms with Crippen LogP contribution in [0.3, 0.4) is 0 Å². The van der Waals surface area contributed by atoms with Gasteiger partial charge in [-0.05, 0) is 18.6 Å². The van der Waals surface area contributed by atoms with Crippen LogP contribution in [0.5, 0.6) is 5.75 Å². The lowest BCUT2D eigenvalue weighted by Gasteiger charge is -2.06. The largest absolute Gasteiger partial charge is 0.497 e. The molecule has 0 bridgehead atoms. The van der Waals surface area contributed by atoms with Gasteiger partial charge in [-0.2, -0.15) is 0 Å². The van der Waals surface area contributed by atoms with Gasteiger partial charge in [0.05, 0.1) is 18.5 Å². The molecule has 0 amide bonds. The fourth-order valence-corrected chi connectivity index (χ4v) is 1.69. The quantitative estimate of drug-likeness (QED) is 0.751. The van der Waals surface area contributed by atoms with Gasteiger partial charge in [0.25, 0.3) is 0 Å². The molecule has 2 rings (SSSR count). The fraction of sp³-hybridized carbons (Fsp3) is 0.250. The maximum Gasteiger partial charge on any atom is 0.172 e. The molecule has 1 aromatic carbocycles. The first-order chi connectivity index (χ1) is 8.30. The Bertz CT molecular complexity index is 534. The monoisotopic (exact) mass is 231 g/mol. The van der Waals surface area contributed by atoms with Crippen molar-refractivity contribution < 1.29 is 9.53 Å². The van der Waals surface area contributed by atoms with Crippen LogP contribution in [0.25, 0.3) is 5.69 Å². The summed E-state index contributed by atoms with van der Waals surface area (Å²) in [7, 11) is 1.61. The highest BCUT2D eigenvalue weighted by Gasteiger charge is 2.11. The van der Waals surface area contributed by atoms with Crippen LogP contribution in [0.2, 0.25) is 0 Å². The molecule has 5 nitrogen and oxygen atoms in total. The zero-order valence-corrected chi connectivity index (χ0v) is 9.75. The molecule has 88 valence electrons. The summed E-state index contributed by atoms with van der Waals surface area (Å²) in [5.74, 6) is 0.743. The number of carbonyl (C=O) groups is 1. The van der Waals surface area contributed by atoms with Gasteiger partial charge in [-0.25, -0.2) is 4.68 Å². The molecule has 0 spiro atoms. The number of aromatic nitrogens is 3. The summed E-state index contributed by atoms with van der Waals surface area (Å²) in [6, 6.07) is 7.47. The van der Waals surface area contributed by atoms with Crippen LogP contribution >= 0.6 is 0 Å². The topological polar surface area (TPSA) is 57.0 Å². The summed E-state index contributed by atoms with van der Waals surface area (Å²) in [6.45, 7) is 1.96. The maximum atomic E-state index is 10.8. The summed E-state index contributed by atoms with van der Waals surface area (Å²) >= 11 is 0. The molecule has 0 atom stereocenters. The lowest BCUT2D eigenvalue weighted by Crippen LogP contribution is -2.02. The minimum Gasteiger partial charge on any atom is -0.497 e. The molecule has 0 aliphatic rings. The second kappa shape index (κ2) is 4.78. The molecule has 0 N–H and O–H groups in total. The van der Waals surface area contributed by atoms with Crippen LogP contribution in [0, 0.1) is 0 Å². The van der Waals surface area contributed by atoms with E-state index in [9.17, 15) is 4.79 Å². The number of benzene rings is 1. The van der Waals surface area contributed by atoms with Gasteiger partial charge in [0.2, 0.25) is 0 Å². The summed E-state index contributed by atoms with van der Waals surface area (Å²) in [5, 5.41) is 7.82. The van der Waals surface area contributed by atoms with Gasteiger partial charge in [-0.1, -0.05) is 18.2 Å². The zero-order valence-electron chi connectivity index (χ0n) is 9.75. The van der Waals surface area contributed by atoms with Crippen LogP contribution in [-0.2, 0) is 6.42 Å². The normalized spacial score (nSPS) is 10.2. The van der Waals surface area contributed by atoms with Crippen molar-refractivity contribution in [3.05, 3.63) is 35.7 Å². The van der Waals surface area contributed by atoms with E-state index < -0.39 is 0 Å². The number of rotatable bonds is 4. The average molecular weight is 231 g/mol. The van der Waals surface area contributed by atoms with Gasteiger partial charge in [-0.15, -0.1) is 5.10 Å². The standard InChI is InChI=1S/C12H13N3O2/c1-3-12-11(8-16)13-14-15(12)9-5-4-6-10(7-9)17-2/h4-8H,3H2,1-2H3. The predicted molar refractivity (Wildman–Crippen MR) is 62.7 cm³/mol. The Morgan fingerprint density at radius 3 is 2.94 bits per heavy atom. The number of aldehydes is 1. The van der Waals surface area contributed by atoms with Crippen molar-refractivity contribution in [1.29, 1.82) is 0 Å². The molecule has 17 heavy (non-hydrogen) atoms. The number of carbonyl (C=O) groups excluding carboxylic acids is 1. The van der Waals surface area contributed by atoms with Crippen LogP contribution in [0.1, 0.15) is 23.1 Å². The molecule has 0 saturated heterocycles. The minimum absolute atomic E-state index is 0.385. The van der Waals surface area contributed by atoms with E-state index in [1.54, 1.807) is 11.8 Å². The van der Waals surface area contributed by atoms with E-state index in [0.29, 0.717) is 12.1 Å². The van der Waals surface area contributed by atoms with Gasteiger partial charge in [0.1, 0.15) is 11.4 Å². The van der Waals surface area contributed by atoms with Crippen molar-refractivity contribution in [3.8, 4) is 11.4 Å². The third-order valence-electron chi connectivity index (χ3n) is 2.54. The van der Waals surface area contributed by atoms with Crippen molar-refractivity contribution in [1.82, 2.24) is 15.0 Å². The molecular weight excluding hydrogens is 218 g/mol. The minimum atomic E-state index is 0.385. The first-order valence-electron chi connectivity index (χ1n) is 5.34. The van der Waals surface area contributed by atoms with Crippen LogP contribution in [-0.4, -0.2) is 28.4 Å². The third-order valence-corrected chi connectivity index (χ3v) is 2.54. The molecule has 0 aliphatic heterocycles. The lowest BCUT2D eigenvalue weighted by atomic mass is 10.2. The Balaban J connectivity index is 2.51. The number of nitrogens with zero attached hydrogens (tertiary/aromatic N) is 3. The van der Waals surface area contributed by atoms with E-state index in [2.05, 4.69) is 10.3 Å². The molecule has 0 unspecified atom stereocenters. The Morgan fingerprint density at radius 1 is 1.47 bits per heavy atom. The highest BCUT2D eigenvalue weighted by molar-refractivity contribution is 5.73. The number of hydrogen-bond acceptors (Lipinski definition) is 4. The molecule has 0 saturated carbocycles. The summed E-state index contributed by atoms with van der Waals surface area (Å²) in [6.07, 6.45) is 1.42. The fourth-order valence-electron chi connectivity index (χ4n) is 1.69. The Kier molecular flexibility index (Phi) is 3.18. The van der Waals surface area contributed by atoms with Crippen molar-refractivity contribution in [2.75, 3.05) is 7.11 Å². The molecule has 2 aromatic rings. The highest BCUT2D eigenvalue weighted by Crippen LogP contribution is 2.18. The van der Waals surface area contributed by atoms with Crippen molar-refractivity contribution in [3.63, 3.8) is 0 Å². The Morgan fingerprint density at radius 2 is 2.29 bits per heavy atom. The summed E-state index contributed by atoms with van der Waals surface area (Å²) < 4.78 is 6.81. The molecular formula is C12H13N3O2. The van der Waals surface area contributed by atoms with Gasteiger partial charge in [0, 0.05) is 6.07 Å². The van der Waals surface area contributed by atoms with Gasteiger partial charge in [-0.3, -0.25) is 4.79 Å². The van der Waals surface area contributed by atoms with Crippen molar-refractivity contribution >= 4 is 6.29 Å². The zero-order chi connectivity index (χ0) is 12.3. The third kappa shape index (κ3) is 2.04. The van der Waals surface area contributed by atoms with Crippen LogP contribution < -0.4 is 4.74 Å². The van der Waals surface area contributed by atoms with Crippen LogP contribution in [0.15, 0.2) is 24.3 Å². The van der Waals surface area contributed by atoms with Crippen molar-refractivity contribution in [2.45, 2.75) is 13.3 Å². The summed E-state index contributed by atoms with van der Waals surface area (Å²) in [4.78, 5) is 10.8. The highest BCUT2D eigenvalue weighted by atomic mass is 16.5. The van der Waals surface area contributed by atoms with E-state index in [1.165, 1.54) is 0 Å². The van der Waals surface area contributed by atoms with E-state index in [0.717, 1.165) is 23.4 Å². The average Bonchev–Trinajstić information content (AvgIpc) is 2.81. The first kappa shape index (κ1) is 11.3. The Labute approximate surface area is 99.0 Å². The number of methoxy groups -OCH3 is 1. The van der Waals surface area contributed by atoms with E-state index in [1.807, 2.05) is 31.2 Å². The van der Waals surface area contributed by atoms with Crippen LogP contribution in [0.4, 0.5) is 0 Å². The predicted octanol–water partition coefficient (Wildman–Crippen LogP) is 1.65. The first-order valence-corrected chi connectivity index (χ1v) is 5.34. The van der Waals surface area contributed by atoms with E-state index in [-0.39, 0.29) is 0 Å². The van der Waals surface area contributed by atoms with Gasteiger partial charge in [0.15, 0.2) is 6.29 Å². The van der Waals surface area contributed by atoms with E-state index in [4.69, 9.17) is 4.74 Å². The molecule has 0 aliphatic carbocycles. The SMILES string of the molecule is CCc1c(C=O)nnn1-c1cccc(OC)c1. The molecule has 0 fully saturated rings. The van der Waals surface area contributed by atoms with Gasteiger partial charge >= 0.3 is 0 Å². The number of hydrogen-bond donors (Lipinski definition) is 0. The second-order valence-corrected chi connectivity index (χ2v) is 3.51. The van der Waals surface area contributed by atoms with E-state index >= 15 is 0 Å².